The van der Waals surface area contributed by atoms with Crippen LogP contribution in [0.15, 0.2) is 4.99 Å². The molecule has 1 unspecified atom stereocenters. The molecule has 45 heavy (non-hydrogen) atoms. The van der Waals surface area contributed by atoms with Gasteiger partial charge < -0.3 is 26.0 Å². The van der Waals surface area contributed by atoms with Crippen molar-refractivity contribution in [2.24, 2.45) is 16.5 Å². The SMILES string of the molecule is CCCCCCCCCCCCOC(=O)CCC(N[C@@H](CCCN=C(N)N)C(=O)O)C(=O)OCCCCCCCCCCCC. The highest BCUT2D eigenvalue weighted by atomic mass is 16.5. The first-order valence-corrected chi connectivity index (χ1v) is 18.2. The van der Waals surface area contributed by atoms with Crippen LogP contribution in [-0.2, 0) is 23.9 Å². The van der Waals surface area contributed by atoms with E-state index in [4.69, 9.17) is 20.9 Å². The number of rotatable bonds is 33. The molecule has 0 aromatic heterocycles. The average molecular weight is 641 g/mol. The summed E-state index contributed by atoms with van der Waals surface area (Å²) < 4.78 is 10.9. The van der Waals surface area contributed by atoms with Gasteiger partial charge in [-0.15, -0.1) is 0 Å². The maximum Gasteiger partial charge on any atom is 0.323 e. The van der Waals surface area contributed by atoms with Crippen LogP contribution in [0.2, 0.25) is 0 Å². The van der Waals surface area contributed by atoms with Gasteiger partial charge in [0.15, 0.2) is 5.96 Å². The summed E-state index contributed by atoms with van der Waals surface area (Å²) >= 11 is 0. The molecule has 0 spiro atoms. The van der Waals surface area contributed by atoms with Crippen molar-refractivity contribution < 1.29 is 29.0 Å². The average Bonchev–Trinajstić information content (AvgIpc) is 3.01. The lowest BCUT2D eigenvalue weighted by Gasteiger charge is -2.22. The van der Waals surface area contributed by atoms with Gasteiger partial charge in [-0.3, -0.25) is 24.7 Å². The summed E-state index contributed by atoms with van der Waals surface area (Å²) in [6, 6.07) is -1.93. The van der Waals surface area contributed by atoms with Crippen molar-refractivity contribution in [1.82, 2.24) is 5.32 Å². The van der Waals surface area contributed by atoms with Crippen LogP contribution in [-0.4, -0.2) is 60.8 Å². The molecule has 10 heteroatoms. The lowest BCUT2D eigenvalue weighted by molar-refractivity contribution is -0.148. The molecule has 2 atom stereocenters. The van der Waals surface area contributed by atoms with E-state index in [0.29, 0.717) is 13.0 Å². The molecule has 0 radical (unpaired) electrons. The lowest BCUT2D eigenvalue weighted by Crippen LogP contribution is -2.48. The van der Waals surface area contributed by atoms with Gasteiger partial charge in [-0.05, 0) is 32.1 Å². The maximum atomic E-state index is 13.0. The van der Waals surface area contributed by atoms with Gasteiger partial charge in [0.1, 0.15) is 12.1 Å². The second-order valence-corrected chi connectivity index (χ2v) is 12.3. The Hall–Kier alpha value is -2.36. The van der Waals surface area contributed by atoms with Crippen LogP contribution >= 0.6 is 0 Å². The zero-order valence-corrected chi connectivity index (χ0v) is 28.8. The standard InChI is InChI=1S/C35H68N4O6/c1-3-5-7-9-11-13-15-17-19-21-28-44-32(40)26-25-31(39-30(33(41)42)24-23-27-38-35(36)37)34(43)45-29-22-20-18-16-14-12-10-8-6-4-2/h30-31,39H,3-29H2,1-2H3,(H,41,42)(H4,36,37,38)/t30-,31?/m0/s1. The summed E-state index contributed by atoms with van der Waals surface area (Å²) in [5, 5.41) is 12.7. The van der Waals surface area contributed by atoms with E-state index in [1.807, 2.05) is 0 Å². The summed E-state index contributed by atoms with van der Waals surface area (Å²) in [5.74, 6) is -2.07. The van der Waals surface area contributed by atoms with E-state index in [9.17, 15) is 19.5 Å². The van der Waals surface area contributed by atoms with E-state index in [0.717, 1.165) is 38.5 Å². The van der Waals surface area contributed by atoms with Gasteiger partial charge in [-0.1, -0.05) is 129 Å². The predicted molar refractivity (Wildman–Crippen MR) is 183 cm³/mol. The largest absolute Gasteiger partial charge is 0.480 e. The molecular weight excluding hydrogens is 572 g/mol. The van der Waals surface area contributed by atoms with Crippen molar-refractivity contribution in [3.05, 3.63) is 0 Å². The number of hydrogen-bond acceptors (Lipinski definition) is 7. The van der Waals surface area contributed by atoms with Crippen LogP contribution in [0.25, 0.3) is 0 Å². The minimum absolute atomic E-state index is 0.00310. The molecule has 0 aromatic rings. The minimum atomic E-state index is -1.09. The number of aliphatic carboxylic acids is 1. The number of nitrogens with two attached hydrogens (primary N) is 2. The van der Waals surface area contributed by atoms with Crippen molar-refractivity contribution >= 4 is 23.9 Å². The van der Waals surface area contributed by atoms with Gasteiger partial charge in [-0.25, -0.2) is 0 Å². The summed E-state index contributed by atoms with van der Waals surface area (Å²) in [5.41, 5.74) is 10.7. The van der Waals surface area contributed by atoms with E-state index in [1.165, 1.54) is 89.9 Å². The summed E-state index contributed by atoms with van der Waals surface area (Å²) in [4.78, 5) is 41.2. The maximum absolute atomic E-state index is 13.0. The molecule has 0 aliphatic rings. The summed E-state index contributed by atoms with van der Waals surface area (Å²) in [6.45, 7) is 5.37. The van der Waals surface area contributed by atoms with Crippen LogP contribution in [0.5, 0.6) is 0 Å². The number of carbonyl (C=O) groups excluding carboxylic acids is 2. The Labute approximate surface area is 274 Å². The van der Waals surface area contributed by atoms with E-state index in [2.05, 4.69) is 24.2 Å². The molecule has 0 saturated carbocycles. The number of guanidine groups is 1. The second kappa shape index (κ2) is 31.6. The van der Waals surface area contributed by atoms with E-state index < -0.39 is 24.0 Å². The Balaban J connectivity index is 4.56. The number of aliphatic imine (C=N–C) groups is 1. The smallest absolute Gasteiger partial charge is 0.323 e. The van der Waals surface area contributed by atoms with Crippen LogP contribution in [0, 0.1) is 0 Å². The molecule has 264 valence electrons. The van der Waals surface area contributed by atoms with Gasteiger partial charge >= 0.3 is 17.9 Å². The number of carbonyl (C=O) groups is 3. The topological polar surface area (TPSA) is 166 Å². The first-order chi connectivity index (χ1) is 21.8. The number of esters is 2. The van der Waals surface area contributed by atoms with Crippen molar-refractivity contribution in [2.75, 3.05) is 19.8 Å². The number of unbranched alkanes of at least 4 members (excludes halogenated alkanes) is 18. The van der Waals surface area contributed by atoms with Gasteiger partial charge in [0, 0.05) is 13.0 Å². The van der Waals surface area contributed by atoms with Crippen LogP contribution < -0.4 is 16.8 Å². The Kier molecular flexibility index (Phi) is 30.0. The molecule has 0 heterocycles. The zero-order valence-electron chi connectivity index (χ0n) is 28.8. The Bertz CT molecular complexity index is 760. The fraction of sp³-hybridized carbons (Fsp3) is 0.886. The molecular formula is C35H68N4O6. The fourth-order valence-corrected chi connectivity index (χ4v) is 5.27. The third-order valence-corrected chi connectivity index (χ3v) is 8.07. The van der Waals surface area contributed by atoms with Crippen LogP contribution in [0.4, 0.5) is 0 Å². The fourth-order valence-electron chi connectivity index (χ4n) is 5.27. The quantitative estimate of drug-likeness (QED) is 0.0252. The monoisotopic (exact) mass is 641 g/mol. The minimum Gasteiger partial charge on any atom is -0.480 e. The highest BCUT2D eigenvalue weighted by Gasteiger charge is 2.28. The van der Waals surface area contributed by atoms with Crippen molar-refractivity contribution in [3.63, 3.8) is 0 Å². The molecule has 6 N–H and O–H groups in total. The molecule has 0 amide bonds. The van der Waals surface area contributed by atoms with Gasteiger partial charge in [0.05, 0.1) is 13.2 Å². The second-order valence-electron chi connectivity index (χ2n) is 12.3. The van der Waals surface area contributed by atoms with E-state index in [-0.39, 0.29) is 44.3 Å². The van der Waals surface area contributed by atoms with E-state index in [1.54, 1.807) is 0 Å². The molecule has 0 aliphatic heterocycles. The number of hydrogen-bond donors (Lipinski definition) is 4. The van der Waals surface area contributed by atoms with Gasteiger partial charge in [0.25, 0.3) is 0 Å². The number of nitrogens with zero attached hydrogens (tertiary/aromatic N) is 1. The molecule has 0 saturated heterocycles. The number of nitrogens with one attached hydrogen (secondary N) is 1. The van der Waals surface area contributed by atoms with Crippen molar-refractivity contribution in [3.8, 4) is 0 Å². The van der Waals surface area contributed by atoms with Gasteiger partial charge in [0.2, 0.25) is 0 Å². The highest BCUT2D eigenvalue weighted by molar-refractivity contribution is 5.79. The van der Waals surface area contributed by atoms with Crippen molar-refractivity contribution in [2.45, 2.75) is 180 Å². The number of carboxylic acids is 1. The molecule has 10 nitrogen and oxygen atoms in total. The number of carboxylic acid groups (broad SMARTS) is 1. The molecule has 0 aliphatic carbocycles. The van der Waals surface area contributed by atoms with Crippen LogP contribution in [0.1, 0.15) is 168 Å². The van der Waals surface area contributed by atoms with Crippen molar-refractivity contribution in [1.29, 1.82) is 0 Å². The predicted octanol–water partition coefficient (Wildman–Crippen LogP) is 7.16. The normalized spacial score (nSPS) is 12.4. The zero-order chi connectivity index (χ0) is 33.4. The van der Waals surface area contributed by atoms with Crippen LogP contribution in [0.3, 0.4) is 0 Å². The third-order valence-electron chi connectivity index (χ3n) is 8.07. The Morgan fingerprint density at radius 1 is 0.622 bits per heavy atom. The van der Waals surface area contributed by atoms with Gasteiger partial charge in [-0.2, -0.15) is 0 Å². The molecule has 0 aromatic carbocycles. The first-order valence-electron chi connectivity index (χ1n) is 18.2. The highest BCUT2D eigenvalue weighted by Crippen LogP contribution is 2.13. The first kappa shape index (κ1) is 42.6. The Morgan fingerprint density at radius 2 is 1.07 bits per heavy atom. The lowest BCUT2D eigenvalue weighted by atomic mass is 10.1. The van der Waals surface area contributed by atoms with E-state index >= 15 is 0 Å². The Morgan fingerprint density at radius 3 is 1.51 bits per heavy atom. The summed E-state index contributed by atoms with van der Waals surface area (Å²) in [7, 11) is 0. The molecule has 0 bridgehead atoms. The molecule has 0 fully saturated rings. The summed E-state index contributed by atoms with van der Waals surface area (Å²) in [6.07, 6.45) is 24.5. The molecule has 0 rings (SSSR count). The third kappa shape index (κ3) is 28.8. The number of ether oxygens (including phenoxy) is 2.